The van der Waals surface area contributed by atoms with Gasteiger partial charge in [-0.3, -0.25) is 0 Å². The normalized spacial score (nSPS) is 10.4. The molecule has 17 heavy (non-hydrogen) atoms. The minimum Gasteiger partial charge on any atom is -0.494 e. The first-order valence-corrected chi connectivity index (χ1v) is 5.79. The van der Waals surface area contributed by atoms with E-state index < -0.39 is 0 Å². The van der Waals surface area contributed by atoms with Crippen LogP contribution in [0.3, 0.4) is 0 Å². The standard InChI is InChI=1S/C13H17N3O/c1-2-17-12-5-3-4-10(8-12)6-7-11-9-15-13(14)16-11/h3-5,8-9H,2,6-7H2,1H3,(H3,14,15,16). The predicted molar refractivity (Wildman–Crippen MR) is 68.0 cm³/mol. The zero-order chi connectivity index (χ0) is 12.1. The zero-order valence-corrected chi connectivity index (χ0v) is 9.94. The second-order valence-electron chi connectivity index (χ2n) is 3.87. The van der Waals surface area contributed by atoms with Crippen LogP contribution in [0.25, 0.3) is 0 Å². The predicted octanol–water partition coefficient (Wildman–Crippen LogP) is 2.18. The molecule has 4 heteroatoms. The Morgan fingerprint density at radius 3 is 2.94 bits per heavy atom. The van der Waals surface area contributed by atoms with Crippen molar-refractivity contribution in [2.45, 2.75) is 19.8 Å². The van der Waals surface area contributed by atoms with E-state index in [0.29, 0.717) is 12.6 Å². The van der Waals surface area contributed by atoms with Gasteiger partial charge in [-0.1, -0.05) is 12.1 Å². The fourth-order valence-corrected chi connectivity index (χ4v) is 1.74. The lowest BCUT2D eigenvalue weighted by Crippen LogP contribution is -1.95. The molecule has 1 heterocycles. The summed E-state index contributed by atoms with van der Waals surface area (Å²) in [7, 11) is 0. The van der Waals surface area contributed by atoms with Crippen molar-refractivity contribution in [1.29, 1.82) is 0 Å². The van der Waals surface area contributed by atoms with Crippen molar-refractivity contribution in [2.24, 2.45) is 0 Å². The molecule has 2 rings (SSSR count). The Labute approximate surface area is 101 Å². The molecular weight excluding hydrogens is 214 g/mol. The number of ether oxygens (including phenoxy) is 1. The Kier molecular flexibility index (Phi) is 3.65. The number of aromatic amines is 1. The van der Waals surface area contributed by atoms with Crippen molar-refractivity contribution in [2.75, 3.05) is 12.3 Å². The molecule has 0 aliphatic carbocycles. The molecular formula is C13H17N3O. The SMILES string of the molecule is CCOc1cccc(CCc2cnc(N)[nH]2)c1. The number of anilines is 1. The lowest BCUT2D eigenvalue weighted by atomic mass is 10.1. The van der Waals surface area contributed by atoms with E-state index in [4.69, 9.17) is 10.5 Å². The van der Waals surface area contributed by atoms with Gasteiger partial charge in [-0.15, -0.1) is 0 Å². The molecule has 0 aliphatic heterocycles. The second kappa shape index (κ2) is 5.39. The Morgan fingerprint density at radius 1 is 1.35 bits per heavy atom. The topological polar surface area (TPSA) is 63.9 Å². The van der Waals surface area contributed by atoms with Crippen molar-refractivity contribution >= 4 is 5.95 Å². The van der Waals surface area contributed by atoms with Gasteiger partial charge in [0.05, 0.1) is 12.8 Å². The highest BCUT2D eigenvalue weighted by atomic mass is 16.5. The molecule has 0 bridgehead atoms. The molecule has 0 saturated heterocycles. The molecule has 0 fully saturated rings. The third-order valence-corrected chi connectivity index (χ3v) is 2.54. The van der Waals surface area contributed by atoms with Gasteiger partial charge in [0.1, 0.15) is 5.75 Å². The Morgan fingerprint density at radius 2 is 2.24 bits per heavy atom. The summed E-state index contributed by atoms with van der Waals surface area (Å²) in [5, 5.41) is 0. The van der Waals surface area contributed by atoms with Crippen LogP contribution in [0.1, 0.15) is 18.2 Å². The van der Waals surface area contributed by atoms with E-state index in [1.165, 1.54) is 5.56 Å². The highest BCUT2D eigenvalue weighted by Crippen LogP contribution is 2.15. The van der Waals surface area contributed by atoms with Gasteiger partial charge in [0, 0.05) is 5.69 Å². The molecule has 0 atom stereocenters. The number of rotatable bonds is 5. The van der Waals surface area contributed by atoms with E-state index >= 15 is 0 Å². The summed E-state index contributed by atoms with van der Waals surface area (Å²) in [5.74, 6) is 1.40. The van der Waals surface area contributed by atoms with Gasteiger partial charge in [0.25, 0.3) is 0 Å². The lowest BCUT2D eigenvalue weighted by molar-refractivity contribution is 0.340. The van der Waals surface area contributed by atoms with Crippen LogP contribution in [0, 0.1) is 0 Å². The van der Waals surface area contributed by atoms with Gasteiger partial charge < -0.3 is 15.5 Å². The summed E-state index contributed by atoms with van der Waals surface area (Å²) in [6.07, 6.45) is 3.63. The maximum Gasteiger partial charge on any atom is 0.197 e. The smallest absolute Gasteiger partial charge is 0.197 e. The number of aromatic nitrogens is 2. The first-order chi connectivity index (χ1) is 8.28. The van der Waals surface area contributed by atoms with Gasteiger partial charge in [-0.25, -0.2) is 4.98 Å². The third kappa shape index (κ3) is 3.24. The first-order valence-electron chi connectivity index (χ1n) is 5.79. The second-order valence-corrected chi connectivity index (χ2v) is 3.87. The molecule has 1 aromatic carbocycles. The number of hydrogen-bond acceptors (Lipinski definition) is 3. The third-order valence-electron chi connectivity index (χ3n) is 2.54. The number of nitrogens with zero attached hydrogens (tertiary/aromatic N) is 1. The Hall–Kier alpha value is -1.97. The van der Waals surface area contributed by atoms with Gasteiger partial charge in [0.15, 0.2) is 5.95 Å². The molecule has 0 amide bonds. The maximum absolute atomic E-state index is 5.52. The van der Waals surface area contributed by atoms with E-state index in [1.807, 2.05) is 19.1 Å². The van der Waals surface area contributed by atoms with Crippen molar-refractivity contribution in [3.8, 4) is 5.75 Å². The van der Waals surface area contributed by atoms with Gasteiger partial charge in [0.2, 0.25) is 0 Å². The van der Waals surface area contributed by atoms with Crippen LogP contribution >= 0.6 is 0 Å². The average Bonchev–Trinajstić information content (AvgIpc) is 2.74. The first kappa shape index (κ1) is 11.5. The van der Waals surface area contributed by atoms with E-state index in [-0.39, 0.29) is 0 Å². The highest BCUT2D eigenvalue weighted by molar-refractivity contribution is 5.29. The number of aryl methyl sites for hydroxylation is 2. The van der Waals surface area contributed by atoms with Crippen LogP contribution in [0.2, 0.25) is 0 Å². The van der Waals surface area contributed by atoms with E-state index in [9.17, 15) is 0 Å². The summed E-state index contributed by atoms with van der Waals surface area (Å²) in [5.41, 5.74) is 7.84. The van der Waals surface area contributed by atoms with Crippen molar-refractivity contribution < 1.29 is 4.74 Å². The van der Waals surface area contributed by atoms with Crippen LogP contribution in [-0.2, 0) is 12.8 Å². The molecule has 90 valence electrons. The number of nitrogens with two attached hydrogens (primary N) is 1. The van der Waals surface area contributed by atoms with Gasteiger partial charge in [-0.05, 0) is 37.5 Å². The molecule has 3 N–H and O–H groups in total. The molecule has 0 aliphatic rings. The summed E-state index contributed by atoms with van der Waals surface area (Å²) in [6, 6.07) is 8.16. The maximum atomic E-state index is 5.52. The van der Waals surface area contributed by atoms with E-state index in [0.717, 1.165) is 24.3 Å². The fourth-order valence-electron chi connectivity index (χ4n) is 1.74. The monoisotopic (exact) mass is 231 g/mol. The number of hydrogen-bond donors (Lipinski definition) is 2. The molecule has 0 unspecified atom stereocenters. The van der Waals surface area contributed by atoms with Gasteiger partial charge in [-0.2, -0.15) is 0 Å². The molecule has 0 saturated carbocycles. The highest BCUT2D eigenvalue weighted by Gasteiger charge is 2.00. The van der Waals surface area contributed by atoms with Crippen molar-refractivity contribution in [3.05, 3.63) is 41.7 Å². The largest absolute Gasteiger partial charge is 0.494 e. The van der Waals surface area contributed by atoms with Crippen molar-refractivity contribution in [1.82, 2.24) is 9.97 Å². The lowest BCUT2D eigenvalue weighted by Gasteiger charge is -2.05. The molecule has 1 aromatic heterocycles. The molecule has 0 radical (unpaired) electrons. The van der Waals surface area contributed by atoms with Crippen molar-refractivity contribution in [3.63, 3.8) is 0 Å². The molecule has 0 spiro atoms. The fraction of sp³-hybridized carbons (Fsp3) is 0.308. The number of H-pyrrole nitrogens is 1. The van der Waals surface area contributed by atoms with E-state index in [2.05, 4.69) is 22.1 Å². The van der Waals surface area contributed by atoms with Crippen LogP contribution in [0.4, 0.5) is 5.95 Å². The van der Waals surface area contributed by atoms with Crippen LogP contribution in [0.5, 0.6) is 5.75 Å². The van der Waals surface area contributed by atoms with Crippen LogP contribution in [0.15, 0.2) is 30.5 Å². The molecule has 4 nitrogen and oxygen atoms in total. The summed E-state index contributed by atoms with van der Waals surface area (Å²) >= 11 is 0. The molecule has 2 aromatic rings. The summed E-state index contributed by atoms with van der Waals surface area (Å²) in [4.78, 5) is 6.99. The van der Waals surface area contributed by atoms with Crippen LogP contribution < -0.4 is 10.5 Å². The van der Waals surface area contributed by atoms with E-state index in [1.54, 1.807) is 6.20 Å². The summed E-state index contributed by atoms with van der Waals surface area (Å²) in [6.45, 7) is 2.68. The van der Waals surface area contributed by atoms with Crippen LogP contribution in [-0.4, -0.2) is 16.6 Å². The zero-order valence-electron chi connectivity index (χ0n) is 9.94. The Balaban J connectivity index is 1.96. The summed E-state index contributed by atoms with van der Waals surface area (Å²) < 4.78 is 5.46. The Bertz CT molecular complexity index is 479. The number of nitrogens with one attached hydrogen (secondary N) is 1. The minimum absolute atomic E-state index is 0.475. The quantitative estimate of drug-likeness (QED) is 0.829. The minimum atomic E-state index is 0.475. The number of imidazole rings is 1. The van der Waals surface area contributed by atoms with Gasteiger partial charge >= 0.3 is 0 Å². The number of benzene rings is 1. The average molecular weight is 231 g/mol. The number of nitrogen functional groups attached to an aromatic ring is 1.